The number of hydrogen-bond donors (Lipinski definition) is 1. The number of urea groups is 1. The first kappa shape index (κ1) is 11.5. The molecule has 2 fully saturated rings. The average molecular weight is 266 g/mol. The van der Waals surface area contributed by atoms with Gasteiger partial charge in [-0.1, -0.05) is 17.7 Å². The molecule has 0 saturated carbocycles. The molecule has 0 bridgehead atoms. The first-order valence-corrected chi connectivity index (χ1v) is 7.65. The number of rotatable bonds is 1. The maximum Gasteiger partial charge on any atom is 0.322 e. The Labute approximate surface area is 106 Å². The number of nitrogens with zero attached hydrogens (tertiary/aromatic N) is 1. The molecule has 2 saturated heterocycles. The summed E-state index contributed by atoms with van der Waals surface area (Å²) >= 11 is 0. The first-order chi connectivity index (χ1) is 8.46. The highest BCUT2D eigenvalue weighted by Gasteiger charge is 2.49. The molecule has 0 aliphatic carbocycles. The Balaban J connectivity index is 1.96. The van der Waals surface area contributed by atoms with E-state index in [1.807, 2.05) is 31.2 Å². The Kier molecular flexibility index (Phi) is 2.38. The Bertz CT molecular complexity index is 594. The van der Waals surface area contributed by atoms with Gasteiger partial charge >= 0.3 is 6.03 Å². The second kappa shape index (κ2) is 3.71. The van der Waals surface area contributed by atoms with Crippen molar-refractivity contribution in [3.63, 3.8) is 0 Å². The van der Waals surface area contributed by atoms with Gasteiger partial charge in [-0.2, -0.15) is 0 Å². The van der Waals surface area contributed by atoms with E-state index in [1.54, 1.807) is 4.90 Å². The number of nitrogens with one attached hydrogen (secondary N) is 1. The van der Waals surface area contributed by atoms with Crippen molar-refractivity contribution in [2.45, 2.75) is 19.0 Å². The lowest BCUT2D eigenvalue weighted by atomic mass is 10.1. The van der Waals surface area contributed by atoms with Crippen molar-refractivity contribution in [2.24, 2.45) is 0 Å². The second-order valence-corrected chi connectivity index (χ2v) is 7.06. The molecule has 0 aromatic heterocycles. The Hall–Kier alpha value is -1.56. The Morgan fingerprint density at radius 1 is 1.22 bits per heavy atom. The minimum absolute atomic E-state index is 0.0459. The van der Waals surface area contributed by atoms with Crippen LogP contribution < -0.4 is 10.2 Å². The monoisotopic (exact) mass is 266 g/mol. The molecular weight excluding hydrogens is 252 g/mol. The molecule has 6 heteroatoms. The molecule has 0 radical (unpaired) electrons. The highest BCUT2D eigenvalue weighted by molar-refractivity contribution is 7.91. The molecule has 2 aliphatic rings. The summed E-state index contributed by atoms with van der Waals surface area (Å²) in [6.07, 6.45) is 0. The molecule has 18 heavy (non-hydrogen) atoms. The third-order valence-corrected chi connectivity index (χ3v) is 5.21. The number of carbonyl (C=O) groups is 1. The van der Waals surface area contributed by atoms with Gasteiger partial charge in [0, 0.05) is 5.69 Å². The number of carbonyl (C=O) groups excluding carboxylic acids is 1. The minimum Gasteiger partial charge on any atom is -0.332 e. The van der Waals surface area contributed by atoms with E-state index >= 15 is 0 Å². The molecule has 2 aliphatic heterocycles. The number of hydrogen-bond acceptors (Lipinski definition) is 3. The van der Waals surface area contributed by atoms with Crippen LogP contribution in [0.5, 0.6) is 0 Å². The van der Waals surface area contributed by atoms with Crippen molar-refractivity contribution >= 4 is 21.6 Å². The molecule has 0 spiro atoms. The summed E-state index contributed by atoms with van der Waals surface area (Å²) in [5, 5.41) is 2.74. The van der Waals surface area contributed by atoms with Crippen LogP contribution in [0.25, 0.3) is 0 Å². The number of sulfone groups is 1. The van der Waals surface area contributed by atoms with Crippen molar-refractivity contribution in [3.8, 4) is 0 Å². The van der Waals surface area contributed by atoms with Crippen molar-refractivity contribution in [3.05, 3.63) is 29.8 Å². The van der Waals surface area contributed by atoms with Crippen LogP contribution in [0.4, 0.5) is 10.5 Å². The smallest absolute Gasteiger partial charge is 0.322 e. The van der Waals surface area contributed by atoms with Crippen molar-refractivity contribution in [1.82, 2.24) is 5.32 Å². The maximum absolute atomic E-state index is 11.9. The van der Waals surface area contributed by atoms with E-state index in [1.165, 1.54) is 0 Å². The predicted molar refractivity (Wildman–Crippen MR) is 68.4 cm³/mol. The van der Waals surface area contributed by atoms with Gasteiger partial charge in [0.05, 0.1) is 23.6 Å². The SMILES string of the molecule is Cc1ccc(N2C(=O)N[C@@H]3CS(=O)(=O)C[C@H]32)cc1. The molecule has 1 aromatic rings. The lowest BCUT2D eigenvalue weighted by molar-refractivity contribution is 0.251. The number of amides is 2. The van der Waals surface area contributed by atoms with Crippen LogP contribution in [-0.4, -0.2) is 38.0 Å². The van der Waals surface area contributed by atoms with E-state index in [0.29, 0.717) is 0 Å². The lowest BCUT2D eigenvalue weighted by Crippen LogP contribution is -2.36. The van der Waals surface area contributed by atoms with Crippen LogP contribution in [-0.2, 0) is 9.84 Å². The lowest BCUT2D eigenvalue weighted by Gasteiger charge is -2.21. The highest BCUT2D eigenvalue weighted by Crippen LogP contribution is 2.29. The van der Waals surface area contributed by atoms with E-state index in [4.69, 9.17) is 0 Å². The molecule has 0 unspecified atom stereocenters. The quantitative estimate of drug-likeness (QED) is 0.761. The van der Waals surface area contributed by atoms with Crippen molar-refractivity contribution in [2.75, 3.05) is 16.4 Å². The van der Waals surface area contributed by atoms with Crippen LogP contribution in [0.15, 0.2) is 24.3 Å². The van der Waals surface area contributed by atoms with Crippen LogP contribution in [0.3, 0.4) is 0 Å². The summed E-state index contributed by atoms with van der Waals surface area (Å²) in [5.74, 6) is 0.0933. The predicted octanol–water partition coefficient (Wildman–Crippen LogP) is 0.690. The van der Waals surface area contributed by atoms with Gasteiger partial charge in [0.1, 0.15) is 0 Å². The number of benzene rings is 1. The van der Waals surface area contributed by atoms with Crippen LogP contribution in [0.1, 0.15) is 5.56 Å². The Morgan fingerprint density at radius 3 is 2.56 bits per heavy atom. The normalized spacial score (nSPS) is 29.2. The number of aryl methyl sites for hydroxylation is 1. The zero-order valence-corrected chi connectivity index (χ0v) is 10.8. The second-order valence-electron chi connectivity index (χ2n) is 4.91. The van der Waals surface area contributed by atoms with Gasteiger partial charge in [0.15, 0.2) is 9.84 Å². The summed E-state index contributed by atoms with van der Waals surface area (Å²) in [6.45, 7) is 1.97. The van der Waals surface area contributed by atoms with Crippen LogP contribution in [0.2, 0.25) is 0 Å². The van der Waals surface area contributed by atoms with Crippen LogP contribution >= 0.6 is 0 Å². The standard InChI is InChI=1S/C12H14N2O3S/c1-8-2-4-9(5-3-8)14-11-7-18(16,17)6-10(11)13-12(14)15/h2-5,10-11H,6-7H2,1H3,(H,13,15)/t10-,11-/m1/s1. The van der Waals surface area contributed by atoms with E-state index in [-0.39, 0.29) is 29.6 Å². The summed E-state index contributed by atoms with van der Waals surface area (Å²) < 4.78 is 23.2. The largest absolute Gasteiger partial charge is 0.332 e. The van der Waals surface area contributed by atoms with E-state index in [2.05, 4.69) is 5.32 Å². The third kappa shape index (κ3) is 1.77. The summed E-state index contributed by atoms with van der Waals surface area (Å²) in [5.41, 5.74) is 1.86. The summed E-state index contributed by atoms with van der Waals surface area (Å²) in [4.78, 5) is 13.5. The molecule has 1 N–H and O–H groups in total. The van der Waals surface area contributed by atoms with Gasteiger partial charge in [-0.05, 0) is 19.1 Å². The average Bonchev–Trinajstić information content (AvgIpc) is 2.70. The first-order valence-electron chi connectivity index (χ1n) is 5.83. The van der Waals surface area contributed by atoms with E-state index < -0.39 is 9.84 Å². The van der Waals surface area contributed by atoms with Gasteiger partial charge in [-0.3, -0.25) is 4.90 Å². The topological polar surface area (TPSA) is 66.5 Å². The molecule has 5 nitrogen and oxygen atoms in total. The molecule has 1 aromatic carbocycles. The summed E-state index contributed by atoms with van der Waals surface area (Å²) in [7, 11) is -3.03. The zero-order valence-electron chi connectivity index (χ0n) is 9.96. The Morgan fingerprint density at radius 2 is 1.89 bits per heavy atom. The fraction of sp³-hybridized carbons (Fsp3) is 0.417. The van der Waals surface area contributed by atoms with Gasteiger partial charge in [0.2, 0.25) is 0 Å². The summed E-state index contributed by atoms with van der Waals surface area (Å²) in [6, 6.07) is 6.78. The molecule has 2 heterocycles. The van der Waals surface area contributed by atoms with E-state index in [0.717, 1.165) is 11.3 Å². The van der Waals surface area contributed by atoms with Gasteiger partial charge in [-0.15, -0.1) is 0 Å². The fourth-order valence-electron chi connectivity index (χ4n) is 2.61. The van der Waals surface area contributed by atoms with Gasteiger partial charge < -0.3 is 5.32 Å². The van der Waals surface area contributed by atoms with Crippen LogP contribution in [0, 0.1) is 6.92 Å². The van der Waals surface area contributed by atoms with Crippen molar-refractivity contribution in [1.29, 1.82) is 0 Å². The van der Waals surface area contributed by atoms with Gasteiger partial charge in [-0.25, -0.2) is 13.2 Å². The molecule has 2 amide bonds. The minimum atomic E-state index is -3.03. The fourth-order valence-corrected chi connectivity index (χ4v) is 4.50. The molecular formula is C12H14N2O3S. The number of anilines is 1. The molecule has 3 rings (SSSR count). The zero-order chi connectivity index (χ0) is 12.9. The molecule has 96 valence electrons. The van der Waals surface area contributed by atoms with Gasteiger partial charge in [0.25, 0.3) is 0 Å². The molecule has 2 atom stereocenters. The van der Waals surface area contributed by atoms with E-state index in [9.17, 15) is 13.2 Å². The highest BCUT2D eigenvalue weighted by atomic mass is 32.2. The number of fused-ring (bicyclic) bond motifs is 1. The van der Waals surface area contributed by atoms with Crippen molar-refractivity contribution < 1.29 is 13.2 Å². The maximum atomic E-state index is 11.9. The third-order valence-electron chi connectivity index (χ3n) is 3.49.